The van der Waals surface area contributed by atoms with E-state index in [4.69, 9.17) is 9.47 Å². The first kappa shape index (κ1) is 15.5. The van der Waals surface area contributed by atoms with Gasteiger partial charge in [0.2, 0.25) is 0 Å². The Morgan fingerprint density at radius 2 is 2.05 bits per heavy atom. The molecule has 0 saturated carbocycles. The highest BCUT2D eigenvalue weighted by Crippen LogP contribution is 2.21. The Balaban J connectivity index is 2.07. The normalized spacial score (nSPS) is 17.1. The number of carbonyl (C=O) groups is 1. The number of nitrogens with zero attached hydrogens (tertiary/aromatic N) is 1. The van der Waals surface area contributed by atoms with E-state index in [1.807, 2.05) is 18.2 Å². The molecule has 1 aromatic rings. The van der Waals surface area contributed by atoms with Gasteiger partial charge in [-0.1, -0.05) is 22.0 Å². The molecular weight excluding hydrogens is 322 g/mol. The fraction of sp³-hybridized carbons (Fsp3) is 0.533. The van der Waals surface area contributed by atoms with Gasteiger partial charge in [-0.3, -0.25) is 4.90 Å². The van der Waals surface area contributed by atoms with Gasteiger partial charge in [0.1, 0.15) is 0 Å². The summed E-state index contributed by atoms with van der Waals surface area (Å²) in [5.41, 5.74) is 1.65. The van der Waals surface area contributed by atoms with Gasteiger partial charge >= 0.3 is 5.97 Å². The second-order valence-corrected chi connectivity index (χ2v) is 5.92. The van der Waals surface area contributed by atoms with E-state index in [-0.39, 0.29) is 5.97 Å². The quantitative estimate of drug-likeness (QED) is 0.789. The van der Waals surface area contributed by atoms with Crippen LogP contribution in [0.5, 0.6) is 0 Å². The van der Waals surface area contributed by atoms with Crippen LogP contribution in [0.15, 0.2) is 22.7 Å². The van der Waals surface area contributed by atoms with Crippen LogP contribution in [0.25, 0.3) is 0 Å². The highest BCUT2D eigenvalue weighted by Gasteiger charge is 2.21. The van der Waals surface area contributed by atoms with E-state index in [0.717, 1.165) is 42.5 Å². The molecule has 1 saturated heterocycles. The molecule has 1 aliphatic heterocycles. The Hall–Kier alpha value is -0.910. The van der Waals surface area contributed by atoms with Crippen molar-refractivity contribution < 1.29 is 14.3 Å². The predicted octanol–water partition coefficient (Wildman–Crippen LogP) is 2.85. The number of rotatable bonds is 4. The number of piperidine rings is 1. The topological polar surface area (TPSA) is 38.8 Å². The van der Waals surface area contributed by atoms with Gasteiger partial charge in [0.25, 0.3) is 0 Å². The van der Waals surface area contributed by atoms with Crippen molar-refractivity contribution in [3.05, 3.63) is 33.8 Å². The maximum absolute atomic E-state index is 11.8. The molecule has 5 heteroatoms. The minimum atomic E-state index is -0.284. The van der Waals surface area contributed by atoms with Gasteiger partial charge in [-0.2, -0.15) is 0 Å². The number of hydrogen-bond acceptors (Lipinski definition) is 4. The van der Waals surface area contributed by atoms with Crippen LogP contribution in [0.1, 0.15) is 28.8 Å². The van der Waals surface area contributed by atoms with Crippen molar-refractivity contribution in [1.82, 2.24) is 4.90 Å². The van der Waals surface area contributed by atoms with E-state index in [9.17, 15) is 4.79 Å². The van der Waals surface area contributed by atoms with Gasteiger partial charge in [0.15, 0.2) is 0 Å². The van der Waals surface area contributed by atoms with Gasteiger partial charge in [0.05, 0.1) is 18.8 Å². The minimum absolute atomic E-state index is 0.284. The lowest BCUT2D eigenvalue weighted by Crippen LogP contribution is -2.36. The highest BCUT2D eigenvalue weighted by atomic mass is 79.9. The fourth-order valence-corrected chi connectivity index (χ4v) is 2.89. The summed E-state index contributed by atoms with van der Waals surface area (Å²) >= 11 is 3.40. The Labute approximate surface area is 128 Å². The summed E-state index contributed by atoms with van der Waals surface area (Å²) in [6.45, 7) is 2.76. The Morgan fingerprint density at radius 3 is 2.65 bits per heavy atom. The summed E-state index contributed by atoms with van der Waals surface area (Å²) in [6, 6.07) is 5.77. The minimum Gasteiger partial charge on any atom is -0.465 e. The smallest absolute Gasteiger partial charge is 0.338 e. The van der Waals surface area contributed by atoms with E-state index in [0.29, 0.717) is 11.7 Å². The number of esters is 1. The third-order valence-electron chi connectivity index (χ3n) is 3.74. The molecule has 0 unspecified atom stereocenters. The maximum Gasteiger partial charge on any atom is 0.338 e. The van der Waals surface area contributed by atoms with E-state index < -0.39 is 0 Å². The van der Waals surface area contributed by atoms with E-state index >= 15 is 0 Å². The second-order valence-electron chi connectivity index (χ2n) is 5.00. The summed E-state index contributed by atoms with van der Waals surface area (Å²) in [4.78, 5) is 14.2. The summed E-state index contributed by atoms with van der Waals surface area (Å²) in [6.07, 6.45) is 2.46. The predicted molar refractivity (Wildman–Crippen MR) is 80.8 cm³/mol. The first-order chi connectivity index (χ1) is 9.63. The number of ether oxygens (including phenoxy) is 2. The van der Waals surface area contributed by atoms with Crippen LogP contribution in [0.4, 0.5) is 0 Å². The zero-order valence-electron chi connectivity index (χ0n) is 11.9. The van der Waals surface area contributed by atoms with Crippen LogP contribution in [-0.2, 0) is 16.0 Å². The zero-order chi connectivity index (χ0) is 14.5. The van der Waals surface area contributed by atoms with Gasteiger partial charge in [-0.05, 0) is 30.5 Å². The van der Waals surface area contributed by atoms with Crippen LogP contribution >= 0.6 is 15.9 Å². The lowest BCUT2D eigenvalue weighted by molar-refractivity contribution is 0.0385. The van der Waals surface area contributed by atoms with Crippen molar-refractivity contribution >= 4 is 21.9 Å². The third kappa shape index (κ3) is 3.81. The fourth-order valence-electron chi connectivity index (χ4n) is 2.53. The summed E-state index contributed by atoms with van der Waals surface area (Å²) < 4.78 is 11.1. The number of methoxy groups -OCH3 is 2. The van der Waals surface area contributed by atoms with Crippen molar-refractivity contribution in [3.63, 3.8) is 0 Å². The van der Waals surface area contributed by atoms with E-state index in [2.05, 4.69) is 20.8 Å². The standard InChI is InChI=1S/C15H20BrNO3/c1-19-13-5-7-17(8-6-13)10-11-3-4-12(16)9-14(11)15(18)20-2/h3-4,9,13H,5-8,10H2,1-2H3. The van der Waals surface area contributed by atoms with Gasteiger partial charge in [0, 0.05) is 31.2 Å². The second kappa shape index (κ2) is 7.20. The summed E-state index contributed by atoms with van der Waals surface area (Å²) in [5.74, 6) is -0.284. The summed E-state index contributed by atoms with van der Waals surface area (Å²) in [7, 11) is 3.18. The van der Waals surface area contributed by atoms with Crippen molar-refractivity contribution in [1.29, 1.82) is 0 Å². The van der Waals surface area contributed by atoms with Crippen molar-refractivity contribution in [2.24, 2.45) is 0 Å². The van der Waals surface area contributed by atoms with Crippen molar-refractivity contribution in [2.75, 3.05) is 27.3 Å². The molecule has 0 atom stereocenters. The third-order valence-corrected chi connectivity index (χ3v) is 4.23. The van der Waals surface area contributed by atoms with Crippen LogP contribution in [0.2, 0.25) is 0 Å². The lowest BCUT2D eigenvalue weighted by atomic mass is 10.0. The first-order valence-corrected chi connectivity index (χ1v) is 7.55. The zero-order valence-corrected chi connectivity index (χ0v) is 13.5. The lowest BCUT2D eigenvalue weighted by Gasteiger charge is -2.31. The van der Waals surface area contributed by atoms with Crippen LogP contribution < -0.4 is 0 Å². The molecule has 110 valence electrons. The molecule has 0 aliphatic carbocycles. The Morgan fingerprint density at radius 1 is 1.35 bits per heavy atom. The van der Waals surface area contributed by atoms with Crippen molar-refractivity contribution in [2.45, 2.75) is 25.5 Å². The van der Waals surface area contributed by atoms with Crippen LogP contribution in [0, 0.1) is 0 Å². The molecule has 4 nitrogen and oxygen atoms in total. The number of benzene rings is 1. The SMILES string of the molecule is COC(=O)c1cc(Br)ccc1CN1CCC(OC)CC1. The molecule has 0 N–H and O–H groups in total. The molecule has 1 fully saturated rings. The Kier molecular flexibility index (Phi) is 5.57. The number of halogens is 1. The maximum atomic E-state index is 11.8. The summed E-state index contributed by atoms with van der Waals surface area (Å²) in [5, 5.41) is 0. The molecule has 1 heterocycles. The molecule has 2 rings (SSSR count). The van der Waals surface area contributed by atoms with Crippen molar-refractivity contribution in [3.8, 4) is 0 Å². The molecule has 0 aromatic heterocycles. The molecule has 20 heavy (non-hydrogen) atoms. The average Bonchev–Trinajstić information content (AvgIpc) is 2.49. The molecule has 0 radical (unpaired) electrons. The monoisotopic (exact) mass is 341 g/mol. The average molecular weight is 342 g/mol. The number of carbonyl (C=O) groups excluding carboxylic acids is 1. The van der Waals surface area contributed by atoms with Gasteiger partial charge in [-0.25, -0.2) is 4.79 Å². The highest BCUT2D eigenvalue weighted by molar-refractivity contribution is 9.10. The Bertz CT molecular complexity index is 470. The first-order valence-electron chi connectivity index (χ1n) is 6.76. The molecular formula is C15H20BrNO3. The van der Waals surface area contributed by atoms with E-state index in [1.165, 1.54) is 7.11 Å². The van der Waals surface area contributed by atoms with Gasteiger partial charge < -0.3 is 9.47 Å². The van der Waals surface area contributed by atoms with Gasteiger partial charge in [-0.15, -0.1) is 0 Å². The molecule has 1 aromatic carbocycles. The molecule has 0 amide bonds. The molecule has 0 spiro atoms. The molecule has 1 aliphatic rings. The van der Waals surface area contributed by atoms with Crippen LogP contribution in [-0.4, -0.2) is 44.3 Å². The van der Waals surface area contributed by atoms with Crippen LogP contribution in [0.3, 0.4) is 0 Å². The number of likely N-dealkylation sites (tertiary alicyclic amines) is 1. The largest absolute Gasteiger partial charge is 0.465 e. The number of hydrogen-bond donors (Lipinski definition) is 0. The molecule has 0 bridgehead atoms. The van der Waals surface area contributed by atoms with E-state index in [1.54, 1.807) is 7.11 Å².